The van der Waals surface area contributed by atoms with Crippen molar-refractivity contribution >= 4 is 5.91 Å². The third-order valence-electron chi connectivity index (χ3n) is 3.34. The molecule has 1 heterocycles. The fourth-order valence-corrected chi connectivity index (χ4v) is 1.66. The molecule has 0 aliphatic carbocycles. The molecule has 4 nitrogen and oxygen atoms in total. The Balaban J connectivity index is 2.24. The zero-order valence-corrected chi connectivity index (χ0v) is 13.6. The van der Waals surface area contributed by atoms with Crippen LogP contribution in [-0.2, 0) is 0 Å². The van der Waals surface area contributed by atoms with E-state index in [0.717, 1.165) is 0 Å². The lowest BCUT2D eigenvalue weighted by atomic mass is 10.1. The monoisotopic (exact) mass is 311 g/mol. The molecule has 0 saturated heterocycles. The lowest BCUT2D eigenvalue weighted by molar-refractivity contribution is 0.0643. The molecular weight excluding hydrogens is 293 g/mol. The zero-order valence-electron chi connectivity index (χ0n) is 13.6. The molecule has 0 bridgehead atoms. The normalized spacial score (nSPS) is 10.7. The summed E-state index contributed by atoms with van der Waals surface area (Å²) in [5.41, 5.74) is 0.788. The summed E-state index contributed by atoms with van der Waals surface area (Å²) in [6.07, 6.45) is 1.51. The Morgan fingerprint density at radius 3 is 2.39 bits per heavy atom. The SMILES string of the molecule is CN(C(=O)c1nccc(C#Cc2ccc(F)cc2)n1)C(C)(C)C. The van der Waals surface area contributed by atoms with E-state index in [1.165, 1.54) is 18.3 Å². The smallest absolute Gasteiger partial charge is 0.291 e. The highest BCUT2D eigenvalue weighted by atomic mass is 19.1. The Kier molecular flexibility index (Phi) is 4.75. The topological polar surface area (TPSA) is 46.1 Å². The van der Waals surface area contributed by atoms with E-state index in [4.69, 9.17) is 0 Å². The molecule has 23 heavy (non-hydrogen) atoms. The van der Waals surface area contributed by atoms with Crippen LogP contribution in [0.3, 0.4) is 0 Å². The van der Waals surface area contributed by atoms with Crippen LogP contribution in [0.15, 0.2) is 36.5 Å². The van der Waals surface area contributed by atoms with Gasteiger partial charge in [0.15, 0.2) is 0 Å². The summed E-state index contributed by atoms with van der Waals surface area (Å²) >= 11 is 0. The van der Waals surface area contributed by atoms with E-state index in [2.05, 4.69) is 21.8 Å². The molecule has 0 radical (unpaired) electrons. The molecule has 0 saturated carbocycles. The van der Waals surface area contributed by atoms with Crippen LogP contribution in [-0.4, -0.2) is 33.4 Å². The third-order valence-corrected chi connectivity index (χ3v) is 3.34. The van der Waals surface area contributed by atoms with Gasteiger partial charge in [0.1, 0.15) is 11.5 Å². The summed E-state index contributed by atoms with van der Waals surface area (Å²) in [6, 6.07) is 7.49. The van der Waals surface area contributed by atoms with E-state index >= 15 is 0 Å². The molecule has 2 rings (SSSR count). The average molecular weight is 311 g/mol. The predicted octanol–water partition coefficient (Wildman–Crippen LogP) is 2.89. The van der Waals surface area contributed by atoms with Gasteiger partial charge >= 0.3 is 0 Å². The van der Waals surface area contributed by atoms with Gasteiger partial charge in [-0.25, -0.2) is 14.4 Å². The number of hydrogen-bond acceptors (Lipinski definition) is 3. The van der Waals surface area contributed by atoms with Crippen molar-refractivity contribution in [1.29, 1.82) is 0 Å². The van der Waals surface area contributed by atoms with Crippen LogP contribution in [0.1, 0.15) is 42.6 Å². The number of hydrogen-bond donors (Lipinski definition) is 0. The molecule has 1 aromatic carbocycles. The second-order valence-electron chi connectivity index (χ2n) is 6.06. The van der Waals surface area contributed by atoms with Crippen molar-refractivity contribution in [3.05, 3.63) is 59.4 Å². The first-order valence-electron chi connectivity index (χ1n) is 7.16. The van der Waals surface area contributed by atoms with Crippen molar-refractivity contribution in [2.45, 2.75) is 26.3 Å². The first-order chi connectivity index (χ1) is 10.8. The molecule has 0 atom stereocenters. The van der Waals surface area contributed by atoms with E-state index in [1.54, 1.807) is 30.1 Å². The highest BCUT2D eigenvalue weighted by Gasteiger charge is 2.25. The Hall–Kier alpha value is -2.74. The minimum atomic E-state index is -0.323. The van der Waals surface area contributed by atoms with E-state index < -0.39 is 0 Å². The number of benzene rings is 1. The number of carbonyl (C=O) groups excluding carboxylic acids is 1. The Bertz CT molecular complexity index is 767. The molecular formula is C18H18FN3O. The van der Waals surface area contributed by atoms with E-state index in [-0.39, 0.29) is 23.1 Å². The number of carbonyl (C=O) groups is 1. The minimum absolute atomic E-state index is 0.105. The number of rotatable bonds is 1. The van der Waals surface area contributed by atoms with Gasteiger partial charge in [0.2, 0.25) is 5.82 Å². The van der Waals surface area contributed by atoms with Crippen LogP contribution in [0, 0.1) is 17.7 Å². The van der Waals surface area contributed by atoms with Gasteiger partial charge in [0.25, 0.3) is 5.91 Å². The maximum Gasteiger partial charge on any atom is 0.291 e. The minimum Gasteiger partial charge on any atom is -0.334 e. The first kappa shape index (κ1) is 16.6. The quantitative estimate of drug-likeness (QED) is 0.761. The van der Waals surface area contributed by atoms with Crippen molar-refractivity contribution in [2.75, 3.05) is 7.05 Å². The molecule has 118 valence electrons. The van der Waals surface area contributed by atoms with Gasteiger partial charge in [-0.05, 0) is 57.0 Å². The largest absolute Gasteiger partial charge is 0.334 e. The van der Waals surface area contributed by atoms with Crippen LogP contribution in [0.5, 0.6) is 0 Å². The van der Waals surface area contributed by atoms with E-state index in [1.807, 2.05) is 20.8 Å². The van der Waals surface area contributed by atoms with Crippen molar-refractivity contribution < 1.29 is 9.18 Å². The van der Waals surface area contributed by atoms with E-state index in [0.29, 0.717) is 11.3 Å². The second kappa shape index (κ2) is 6.57. The molecule has 0 aliphatic heterocycles. The highest BCUT2D eigenvalue weighted by Crippen LogP contribution is 2.13. The Labute approximate surface area is 135 Å². The van der Waals surface area contributed by atoms with Gasteiger partial charge in [0.05, 0.1) is 0 Å². The lowest BCUT2D eigenvalue weighted by Crippen LogP contribution is -2.43. The van der Waals surface area contributed by atoms with Crippen molar-refractivity contribution in [3.63, 3.8) is 0 Å². The second-order valence-corrected chi connectivity index (χ2v) is 6.06. The Morgan fingerprint density at radius 1 is 1.13 bits per heavy atom. The van der Waals surface area contributed by atoms with Gasteiger partial charge < -0.3 is 4.90 Å². The van der Waals surface area contributed by atoms with Gasteiger partial charge in [-0.1, -0.05) is 5.92 Å². The first-order valence-corrected chi connectivity index (χ1v) is 7.16. The number of amides is 1. The fraction of sp³-hybridized carbons (Fsp3) is 0.278. The van der Waals surface area contributed by atoms with Crippen LogP contribution in [0.2, 0.25) is 0 Å². The molecule has 2 aromatic rings. The molecule has 5 heteroatoms. The van der Waals surface area contributed by atoms with Gasteiger partial charge in [0, 0.05) is 24.3 Å². The molecule has 0 fully saturated rings. The molecule has 1 amide bonds. The summed E-state index contributed by atoms with van der Waals surface area (Å²) < 4.78 is 12.9. The van der Waals surface area contributed by atoms with Crippen molar-refractivity contribution in [2.24, 2.45) is 0 Å². The number of nitrogens with zero attached hydrogens (tertiary/aromatic N) is 3. The lowest BCUT2D eigenvalue weighted by Gasteiger charge is -2.31. The van der Waals surface area contributed by atoms with Gasteiger partial charge in [-0.15, -0.1) is 0 Å². The molecule has 0 unspecified atom stereocenters. The maximum absolute atomic E-state index is 12.9. The van der Waals surface area contributed by atoms with Crippen LogP contribution >= 0.6 is 0 Å². The summed E-state index contributed by atoms with van der Waals surface area (Å²) in [7, 11) is 1.71. The Morgan fingerprint density at radius 2 is 1.78 bits per heavy atom. The summed E-state index contributed by atoms with van der Waals surface area (Å²) in [6.45, 7) is 5.80. The van der Waals surface area contributed by atoms with Gasteiger partial charge in [-0.3, -0.25) is 4.79 Å². The number of halogens is 1. The summed E-state index contributed by atoms with van der Waals surface area (Å²) in [4.78, 5) is 22.2. The third kappa shape index (κ3) is 4.36. The zero-order chi connectivity index (χ0) is 17.0. The molecule has 0 N–H and O–H groups in total. The standard InChI is InChI=1S/C18H18FN3O/c1-18(2,3)22(4)17(23)16-20-12-11-15(21-16)10-7-13-5-8-14(19)9-6-13/h5-6,8-9,11-12H,1-4H3. The van der Waals surface area contributed by atoms with Crippen molar-refractivity contribution in [3.8, 4) is 11.8 Å². The van der Waals surface area contributed by atoms with Crippen LogP contribution in [0.4, 0.5) is 4.39 Å². The van der Waals surface area contributed by atoms with Gasteiger partial charge in [-0.2, -0.15) is 0 Å². The predicted molar refractivity (Wildman–Crippen MR) is 86.3 cm³/mol. The molecule has 1 aromatic heterocycles. The maximum atomic E-state index is 12.9. The van der Waals surface area contributed by atoms with Crippen molar-refractivity contribution in [1.82, 2.24) is 14.9 Å². The average Bonchev–Trinajstić information content (AvgIpc) is 2.52. The molecule has 0 aliphatic rings. The van der Waals surface area contributed by atoms with Crippen LogP contribution < -0.4 is 0 Å². The molecule has 0 spiro atoms. The van der Waals surface area contributed by atoms with Crippen LogP contribution in [0.25, 0.3) is 0 Å². The summed E-state index contributed by atoms with van der Waals surface area (Å²) in [5.74, 6) is 5.28. The van der Waals surface area contributed by atoms with E-state index in [9.17, 15) is 9.18 Å². The summed E-state index contributed by atoms with van der Waals surface area (Å²) in [5, 5.41) is 0. The fourth-order valence-electron chi connectivity index (χ4n) is 1.66. The number of aromatic nitrogens is 2. The highest BCUT2D eigenvalue weighted by molar-refractivity contribution is 5.90.